The number of rotatable bonds is 3. The number of carboxylic acids is 1. The monoisotopic (exact) mass is 237 g/mol. The first kappa shape index (κ1) is 11.7. The molecular formula is C11H15N3O3. The Bertz CT molecular complexity index is 416. The summed E-state index contributed by atoms with van der Waals surface area (Å²) in [7, 11) is 0. The van der Waals surface area contributed by atoms with Gasteiger partial charge in [0.15, 0.2) is 0 Å². The molecule has 0 aliphatic carbocycles. The lowest BCUT2D eigenvalue weighted by molar-refractivity contribution is 0.0697. The van der Waals surface area contributed by atoms with E-state index < -0.39 is 5.97 Å². The van der Waals surface area contributed by atoms with Crippen LogP contribution in [0.15, 0.2) is 18.2 Å². The summed E-state index contributed by atoms with van der Waals surface area (Å²) < 4.78 is 0. The summed E-state index contributed by atoms with van der Waals surface area (Å²) in [6.07, 6.45) is 0. The average Bonchev–Trinajstić information content (AvgIpc) is 2.39. The highest BCUT2D eigenvalue weighted by Crippen LogP contribution is 2.23. The minimum absolute atomic E-state index is 0.0727. The molecule has 0 bridgehead atoms. The molecule has 0 spiro atoms. The number of benzene rings is 1. The molecule has 1 aliphatic heterocycles. The summed E-state index contributed by atoms with van der Waals surface area (Å²) in [5.41, 5.74) is 3.04. The number of carboxylic acid groups (broad SMARTS) is 1. The van der Waals surface area contributed by atoms with E-state index in [-0.39, 0.29) is 11.3 Å². The van der Waals surface area contributed by atoms with Gasteiger partial charge in [-0.25, -0.2) is 4.79 Å². The molecule has 0 amide bonds. The minimum atomic E-state index is -1.06. The number of hydrogen-bond acceptors (Lipinski definition) is 5. The summed E-state index contributed by atoms with van der Waals surface area (Å²) >= 11 is 0. The van der Waals surface area contributed by atoms with Crippen LogP contribution in [0.25, 0.3) is 0 Å². The van der Waals surface area contributed by atoms with Crippen LogP contribution in [-0.2, 0) is 0 Å². The van der Waals surface area contributed by atoms with Gasteiger partial charge in [-0.05, 0) is 18.2 Å². The van der Waals surface area contributed by atoms with E-state index in [1.807, 2.05) is 5.48 Å². The highest BCUT2D eigenvalue weighted by molar-refractivity contribution is 5.95. The molecule has 1 saturated heterocycles. The van der Waals surface area contributed by atoms with E-state index in [0.29, 0.717) is 0 Å². The fourth-order valence-corrected chi connectivity index (χ4v) is 1.93. The van der Waals surface area contributed by atoms with Crippen LogP contribution in [0.1, 0.15) is 10.4 Å². The topological polar surface area (TPSA) is 84.8 Å². The average molecular weight is 237 g/mol. The second-order valence-corrected chi connectivity index (χ2v) is 3.88. The van der Waals surface area contributed by atoms with Crippen LogP contribution in [0, 0.1) is 0 Å². The Kier molecular flexibility index (Phi) is 3.46. The van der Waals surface area contributed by atoms with E-state index >= 15 is 0 Å². The highest BCUT2D eigenvalue weighted by atomic mass is 16.5. The molecular weight excluding hydrogens is 222 g/mol. The number of piperazine rings is 1. The van der Waals surface area contributed by atoms with Crippen molar-refractivity contribution >= 4 is 17.3 Å². The zero-order valence-corrected chi connectivity index (χ0v) is 9.31. The van der Waals surface area contributed by atoms with Crippen molar-refractivity contribution in [3.63, 3.8) is 0 Å². The van der Waals surface area contributed by atoms with Crippen LogP contribution in [0.2, 0.25) is 0 Å². The molecule has 0 atom stereocenters. The first-order chi connectivity index (χ1) is 8.22. The molecule has 1 heterocycles. The zero-order valence-electron chi connectivity index (χ0n) is 9.31. The normalized spacial score (nSPS) is 15.7. The molecule has 2 rings (SSSR count). The third-order valence-electron chi connectivity index (χ3n) is 2.84. The number of aromatic carboxylic acids is 1. The van der Waals surface area contributed by atoms with E-state index in [0.717, 1.165) is 31.9 Å². The summed E-state index contributed by atoms with van der Waals surface area (Å²) in [6.45, 7) is 3.49. The van der Waals surface area contributed by atoms with Gasteiger partial charge in [0.1, 0.15) is 0 Å². The van der Waals surface area contributed by atoms with Gasteiger partial charge in [-0.2, -0.15) is 0 Å². The van der Waals surface area contributed by atoms with Crippen molar-refractivity contribution in [3.05, 3.63) is 23.8 Å². The zero-order chi connectivity index (χ0) is 12.3. The van der Waals surface area contributed by atoms with Gasteiger partial charge in [0.2, 0.25) is 0 Å². The lowest BCUT2D eigenvalue weighted by Crippen LogP contribution is -2.43. The third kappa shape index (κ3) is 2.48. The molecule has 17 heavy (non-hydrogen) atoms. The smallest absolute Gasteiger partial charge is 0.337 e. The summed E-state index contributed by atoms with van der Waals surface area (Å²) in [5.74, 6) is -1.06. The maximum absolute atomic E-state index is 11.0. The number of carbonyl (C=O) groups is 1. The van der Waals surface area contributed by atoms with Gasteiger partial charge in [0, 0.05) is 31.9 Å². The SMILES string of the molecule is O=C(O)c1cc(N2CCNCC2)ccc1NO. The predicted molar refractivity (Wildman–Crippen MR) is 63.9 cm³/mol. The molecule has 0 saturated carbocycles. The first-order valence-electron chi connectivity index (χ1n) is 5.45. The molecule has 92 valence electrons. The van der Waals surface area contributed by atoms with Gasteiger partial charge >= 0.3 is 5.97 Å². The Morgan fingerprint density at radius 1 is 1.35 bits per heavy atom. The predicted octanol–water partition coefficient (Wildman–Crippen LogP) is 0.595. The fourth-order valence-electron chi connectivity index (χ4n) is 1.93. The van der Waals surface area contributed by atoms with Crippen molar-refractivity contribution in [2.45, 2.75) is 0 Å². The molecule has 1 fully saturated rings. The maximum atomic E-state index is 11.0. The third-order valence-corrected chi connectivity index (χ3v) is 2.84. The second kappa shape index (κ2) is 5.03. The van der Waals surface area contributed by atoms with Crippen molar-refractivity contribution in [1.29, 1.82) is 0 Å². The molecule has 1 aromatic rings. The van der Waals surface area contributed by atoms with E-state index in [1.54, 1.807) is 18.2 Å². The Morgan fingerprint density at radius 2 is 2.06 bits per heavy atom. The molecule has 1 aliphatic rings. The van der Waals surface area contributed by atoms with Gasteiger partial charge in [-0.15, -0.1) is 0 Å². The number of nitrogens with one attached hydrogen (secondary N) is 2. The van der Waals surface area contributed by atoms with Crippen molar-refractivity contribution in [1.82, 2.24) is 5.32 Å². The summed E-state index contributed by atoms with van der Waals surface area (Å²) in [5, 5.41) is 21.1. The van der Waals surface area contributed by atoms with E-state index in [1.165, 1.54) is 0 Å². The van der Waals surface area contributed by atoms with E-state index in [9.17, 15) is 4.79 Å². The Labute approximate surface area is 98.8 Å². The quantitative estimate of drug-likeness (QED) is 0.576. The van der Waals surface area contributed by atoms with Crippen molar-refractivity contribution in [3.8, 4) is 0 Å². The van der Waals surface area contributed by atoms with Crippen LogP contribution in [0.5, 0.6) is 0 Å². The van der Waals surface area contributed by atoms with Crippen molar-refractivity contribution < 1.29 is 15.1 Å². The van der Waals surface area contributed by atoms with Gasteiger partial charge in [0.25, 0.3) is 0 Å². The number of anilines is 2. The molecule has 4 N–H and O–H groups in total. The Balaban J connectivity index is 2.29. The molecule has 0 unspecified atom stereocenters. The summed E-state index contributed by atoms with van der Waals surface area (Å²) in [6, 6.07) is 4.95. The standard InChI is InChI=1S/C11H15N3O3/c15-11(16)9-7-8(1-2-10(9)13-17)14-5-3-12-4-6-14/h1-2,7,12-13,17H,3-6H2,(H,15,16). The molecule has 6 heteroatoms. The molecule has 1 aromatic carbocycles. The summed E-state index contributed by atoms with van der Waals surface area (Å²) in [4.78, 5) is 13.1. The Morgan fingerprint density at radius 3 is 2.65 bits per heavy atom. The lowest BCUT2D eigenvalue weighted by Gasteiger charge is -2.29. The van der Waals surface area contributed by atoms with Crippen LogP contribution in [-0.4, -0.2) is 42.5 Å². The second-order valence-electron chi connectivity index (χ2n) is 3.88. The van der Waals surface area contributed by atoms with Gasteiger partial charge < -0.3 is 15.3 Å². The van der Waals surface area contributed by atoms with Crippen LogP contribution < -0.4 is 15.7 Å². The lowest BCUT2D eigenvalue weighted by atomic mass is 10.1. The van der Waals surface area contributed by atoms with Crippen LogP contribution >= 0.6 is 0 Å². The van der Waals surface area contributed by atoms with Gasteiger partial charge in [-0.1, -0.05) is 0 Å². The van der Waals surface area contributed by atoms with Gasteiger partial charge in [-0.3, -0.25) is 10.7 Å². The fraction of sp³-hybridized carbons (Fsp3) is 0.364. The molecule has 6 nitrogen and oxygen atoms in total. The number of nitrogens with zero attached hydrogens (tertiary/aromatic N) is 1. The minimum Gasteiger partial charge on any atom is -0.478 e. The van der Waals surface area contributed by atoms with Gasteiger partial charge in [0.05, 0.1) is 11.3 Å². The Hall–Kier alpha value is -1.79. The van der Waals surface area contributed by atoms with Crippen molar-refractivity contribution in [2.24, 2.45) is 0 Å². The maximum Gasteiger partial charge on any atom is 0.337 e. The first-order valence-corrected chi connectivity index (χ1v) is 5.45. The number of hydrogen-bond donors (Lipinski definition) is 4. The van der Waals surface area contributed by atoms with E-state index in [4.69, 9.17) is 10.3 Å². The molecule has 0 radical (unpaired) electrons. The largest absolute Gasteiger partial charge is 0.478 e. The highest BCUT2D eigenvalue weighted by Gasteiger charge is 2.15. The molecule has 0 aromatic heterocycles. The van der Waals surface area contributed by atoms with Crippen molar-refractivity contribution in [2.75, 3.05) is 36.6 Å². The van der Waals surface area contributed by atoms with E-state index in [2.05, 4.69) is 10.2 Å². The van der Waals surface area contributed by atoms with Crippen LogP contribution in [0.3, 0.4) is 0 Å². The van der Waals surface area contributed by atoms with Crippen LogP contribution in [0.4, 0.5) is 11.4 Å².